The summed E-state index contributed by atoms with van der Waals surface area (Å²) in [4.78, 5) is 31.5. The fourth-order valence-corrected chi connectivity index (χ4v) is 4.54. The minimum atomic E-state index is -0.454. The summed E-state index contributed by atoms with van der Waals surface area (Å²) in [7, 11) is 0. The summed E-state index contributed by atoms with van der Waals surface area (Å²) in [6.07, 6.45) is 4.24. The maximum absolute atomic E-state index is 12.9. The number of halogens is 2. The lowest BCUT2D eigenvalue weighted by Gasteiger charge is -2.24. The number of aromatic nitrogens is 1. The summed E-state index contributed by atoms with van der Waals surface area (Å²) in [6, 6.07) is 4.35. The quantitative estimate of drug-likeness (QED) is 0.645. The van der Waals surface area contributed by atoms with Gasteiger partial charge in [-0.3, -0.25) is 9.59 Å². The van der Waals surface area contributed by atoms with Gasteiger partial charge in [0.2, 0.25) is 5.91 Å². The summed E-state index contributed by atoms with van der Waals surface area (Å²) in [6.45, 7) is 3.13. The molecule has 28 heavy (non-hydrogen) atoms. The number of hydrogen-bond donors (Lipinski definition) is 1. The van der Waals surface area contributed by atoms with Crippen molar-refractivity contribution in [2.75, 3.05) is 13.1 Å². The molecular formula is C20H23Cl2N3O2S. The lowest BCUT2D eigenvalue weighted by atomic mass is 10.1. The summed E-state index contributed by atoms with van der Waals surface area (Å²) in [5, 5.41) is 6.95. The Morgan fingerprint density at radius 3 is 2.89 bits per heavy atom. The van der Waals surface area contributed by atoms with Gasteiger partial charge < -0.3 is 10.2 Å². The lowest BCUT2D eigenvalue weighted by molar-refractivity contribution is -0.124. The van der Waals surface area contributed by atoms with Gasteiger partial charge in [-0.1, -0.05) is 23.2 Å². The highest BCUT2D eigenvalue weighted by atomic mass is 35.5. The normalized spacial score (nSPS) is 16.4. The fourth-order valence-electron chi connectivity index (χ4n) is 3.35. The number of unbranched alkanes of at least 4 members (excludes halogenated alkanes) is 1. The number of likely N-dealkylation sites (tertiary alicyclic amines) is 1. The van der Waals surface area contributed by atoms with Crippen molar-refractivity contribution in [2.45, 2.75) is 45.1 Å². The van der Waals surface area contributed by atoms with Gasteiger partial charge in [0.05, 0.1) is 15.6 Å². The van der Waals surface area contributed by atoms with Crippen molar-refractivity contribution in [1.82, 2.24) is 15.2 Å². The minimum absolute atomic E-state index is 0.103. The fraction of sp³-hybridized carbons (Fsp3) is 0.450. The maximum Gasteiger partial charge on any atom is 0.256 e. The zero-order chi connectivity index (χ0) is 20.1. The molecule has 1 fully saturated rings. The van der Waals surface area contributed by atoms with E-state index in [-0.39, 0.29) is 11.8 Å². The number of nitrogens with zero attached hydrogens (tertiary/aromatic N) is 2. The van der Waals surface area contributed by atoms with E-state index < -0.39 is 6.04 Å². The van der Waals surface area contributed by atoms with Gasteiger partial charge in [-0.25, -0.2) is 4.98 Å². The van der Waals surface area contributed by atoms with E-state index in [2.05, 4.69) is 15.7 Å². The molecule has 1 aliphatic rings. The molecule has 0 radical (unpaired) electrons. The molecule has 1 unspecified atom stereocenters. The molecule has 1 aromatic heterocycles. The first-order chi connectivity index (χ1) is 13.5. The van der Waals surface area contributed by atoms with E-state index >= 15 is 0 Å². The van der Waals surface area contributed by atoms with Gasteiger partial charge in [0.1, 0.15) is 6.04 Å². The zero-order valence-electron chi connectivity index (χ0n) is 15.7. The van der Waals surface area contributed by atoms with E-state index in [1.165, 1.54) is 0 Å². The van der Waals surface area contributed by atoms with Crippen molar-refractivity contribution in [2.24, 2.45) is 0 Å². The molecule has 2 amide bonds. The summed E-state index contributed by atoms with van der Waals surface area (Å²) in [5.74, 6) is -0.349. The van der Waals surface area contributed by atoms with Crippen LogP contribution in [-0.4, -0.2) is 40.8 Å². The molecule has 1 saturated heterocycles. The number of carbonyl (C=O) groups excluding carboxylic acids is 2. The molecule has 0 spiro atoms. The predicted molar refractivity (Wildman–Crippen MR) is 113 cm³/mol. The van der Waals surface area contributed by atoms with Crippen LogP contribution >= 0.6 is 34.5 Å². The largest absolute Gasteiger partial charge is 0.354 e. The number of amides is 2. The third-order valence-corrected chi connectivity index (χ3v) is 6.35. The monoisotopic (exact) mass is 439 g/mol. The van der Waals surface area contributed by atoms with Gasteiger partial charge >= 0.3 is 0 Å². The van der Waals surface area contributed by atoms with E-state index in [9.17, 15) is 9.59 Å². The number of thiazole rings is 1. The van der Waals surface area contributed by atoms with Crippen LogP contribution < -0.4 is 5.32 Å². The molecule has 1 atom stereocenters. The molecule has 8 heteroatoms. The molecule has 5 nitrogen and oxygen atoms in total. The Hall–Kier alpha value is -1.63. The van der Waals surface area contributed by atoms with Crippen LogP contribution in [0.3, 0.4) is 0 Å². The van der Waals surface area contributed by atoms with Crippen LogP contribution in [0.1, 0.15) is 46.7 Å². The molecule has 1 aromatic carbocycles. The Kier molecular flexibility index (Phi) is 7.32. The summed E-state index contributed by atoms with van der Waals surface area (Å²) in [5.41, 5.74) is 1.40. The van der Waals surface area contributed by atoms with Crippen LogP contribution in [0.2, 0.25) is 10.0 Å². The molecular weight excluding hydrogens is 417 g/mol. The Morgan fingerprint density at radius 2 is 2.14 bits per heavy atom. The van der Waals surface area contributed by atoms with Gasteiger partial charge in [-0.05, 0) is 57.2 Å². The molecule has 2 aromatic rings. The Morgan fingerprint density at radius 1 is 1.32 bits per heavy atom. The topological polar surface area (TPSA) is 62.3 Å². The summed E-state index contributed by atoms with van der Waals surface area (Å²) >= 11 is 13.8. The van der Waals surface area contributed by atoms with E-state index in [1.807, 2.05) is 6.92 Å². The van der Waals surface area contributed by atoms with E-state index in [1.54, 1.807) is 34.4 Å². The number of carbonyl (C=O) groups is 2. The molecule has 1 N–H and O–H groups in total. The van der Waals surface area contributed by atoms with Crippen LogP contribution in [0.25, 0.3) is 0 Å². The second-order valence-electron chi connectivity index (χ2n) is 6.91. The first-order valence-electron chi connectivity index (χ1n) is 9.40. The van der Waals surface area contributed by atoms with Crippen molar-refractivity contribution in [3.63, 3.8) is 0 Å². The van der Waals surface area contributed by atoms with Gasteiger partial charge in [0, 0.05) is 29.2 Å². The van der Waals surface area contributed by atoms with Crippen LogP contribution in [0.15, 0.2) is 23.6 Å². The highest BCUT2D eigenvalue weighted by Crippen LogP contribution is 2.26. The highest BCUT2D eigenvalue weighted by molar-refractivity contribution is 7.09. The summed E-state index contributed by atoms with van der Waals surface area (Å²) < 4.78 is 0. The Labute approximate surface area is 179 Å². The highest BCUT2D eigenvalue weighted by Gasteiger charge is 2.35. The number of hydrogen-bond acceptors (Lipinski definition) is 4. The number of rotatable bonds is 7. The van der Waals surface area contributed by atoms with Gasteiger partial charge in [0.15, 0.2) is 0 Å². The number of benzene rings is 1. The maximum atomic E-state index is 12.9. The van der Waals surface area contributed by atoms with Gasteiger partial charge in [0.25, 0.3) is 5.91 Å². The van der Waals surface area contributed by atoms with Crippen LogP contribution in [0.4, 0.5) is 0 Å². The van der Waals surface area contributed by atoms with Crippen molar-refractivity contribution < 1.29 is 9.59 Å². The third-order valence-electron chi connectivity index (χ3n) is 4.76. The first-order valence-corrected chi connectivity index (χ1v) is 11.0. The molecule has 0 bridgehead atoms. The van der Waals surface area contributed by atoms with Crippen molar-refractivity contribution in [1.29, 1.82) is 0 Å². The van der Waals surface area contributed by atoms with Crippen molar-refractivity contribution >= 4 is 46.4 Å². The van der Waals surface area contributed by atoms with Crippen molar-refractivity contribution in [3.05, 3.63) is 49.9 Å². The number of nitrogens with one attached hydrogen (secondary N) is 1. The van der Waals surface area contributed by atoms with Crippen LogP contribution in [0.5, 0.6) is 0 Å². The zero-order valence-corrected chi connectivity index (χ0v) is 18.0. The molecule has 0 aliphatic carbocycles. The standard InChI is InChI=1S/C20H23Cl2N3O2S/c1-13-12-28-18(24-13)6-2-3-9-23-19(26)17-5-4-10-25(17)20(27)15-11-14(21)7-8-16(15)22/h7-8,11-12,17H,2-6,9-10H2,1H3,(H,23,26). The average molecular weight is 440 g/mol. The van der Waals surface area contributed by atoms with Crippen molar-refractivity contribution in [3.8, 4) is 0 Å². The van der Waals surface area contributed by atoms with E-state index in [0.29, 0.717) is 35.1 Å². The minimum Gasteiger partial charge on any atom is -0.354 e. The van der Waals surface area contributed by atoms with Gasteiger partial charge in [-0.2, -0.15) is 0 Å². The molecule has 0 saturated carbocycles. The van der Waals surface area contributed by atoms with E-state index in [4.69, 9.17) is 23.2 Å². The lowest BCUT2D eigenvalue weighted by Crippen LogP contribution is -2.46. The molecule has 150 valence electrons. The molecule has 3 rings (SSSR count). The Bertz CT molecular complexity index is 856. The predicted octanol–water partition coefficient (Wildman–Crippen LogP) is 4.50. The average Bonchev–Trinajstić information content (AvgIpc) is 3.32. The molecule has 1 aliphatic heterocycles. The van der Waals surface area contributed by atoms with Crippen LogP contribution in [-0.2, 0) is 11.2 Å². The third kappa shape index (κ3) is 5.25. The number of aryl methyl sites for hydroxylation is 2. The second kappa shape index (κ2) is 9.72. The second-order valence-corrected chi connectivity index (χ2v) is 8.70. The molecule has 2 heterocycles. The van der Waals surface area contributed by atoms with Crippen LogP contribution in [0, 0.1) is 6.92 Å². The SMILES string of the molecule is Cc1csc(CCCCNC(=O)C2CCCN2C(=O)c2cc(Cl)ccc2Cl)n1. The van der Waals surface area contributed by atoms with E-state index in [0.717, 1.165) is 36.4 Å². The smallest absolute Gasteiger partial charge is 0.256 e. The van der Waals surface area contributed by atoms with Gasteiger partial charge in [-0.15, -0.1) is 11.3 Å². The first kappa shape index (κ1) is 21.1. The Balaban J connectivity index is 1.50.